The quantitative estimate of drug-likeness (QED) is 0.768. The Balaban J connectivity index is 1.86. The van der Waals surface area contributed by atoms with E-state index in [4.69, 9.17) is 15.7 Å². The van der Waals surface area contributed by atoms with Gasteiger partial charge in [0.15, 0.2) is 0 Å². The summed E-state index contributed by atoms with van der Waals surface area (Å²) in [5.41, 5.74) is 6.62. The Labute approximate surface area is 107 Å². The second kappa shape index (κ2) is 5.69. The van der Waals surface area contributed by atoms with Gasteiger partial charge in [0.1, 0.15) is 11.9 Å². The van der Waals surface area contributed by atoms with Crippen molar-refractivity contribution in [3.8, 4) is 6.07 Å². The van der Waals surface area contributed by atoms with Crippen LogP contribution in [0.4, 0.5) is 11.5 Å². The van der Waals surface area contributed by atoms with Gasteiger partial charge in [0.2, 0.25) is 0 Å². The summed E-state index contributed by atoms with van der Waals surface area (Å²) in [5.74, 6) is 1.43. The molecule has 5 nitrogen and oxygen atoms in total. The molecule has 2 rings (SSSR count). The number of nitrogens with two attached hydrogens (primary N) is 1. The molecule has 1 heterocycles. The van der Waals surface area contributed by atoms with Gasteiger partial charge < -0.3 is 15.4 Å². The first kappa shape index (κ1) is 12.7. The monoisotopic (exact) mass is 246 g/mol. The highest BCUT2D eigenvalue weighted by Gasteiger charge is 2.21. The molecular weight excluding hydrogens is 228 g/mol. The Hall–Kier alpha value is -1.80. The molecule has 0 amide bonds. The zero-order valence-corrected chi connectivity index (χ0v) is 10.6. The number of hydrogen-bond acceptors (Lipinski definition) is 5. The van der Waals surface area contributed by atoms with Crippen LogP contribution in [0.25, 0.3) is 0 Å². The van der Waals surface area contributed by atoms with Crippen LogP contribution in [-0.2, 0) is 4.74 Å². The number of nitriles is 1. The number of pyridine rings is 1. The van der Waals surface area contributed by atoms with Gasteiger partial charge in [-0.1, -0.05) is 0 Å². The SMILES string of the molecule is CN(CCOCC1CC1)c1ncc(N)cc1C#N. The predicted octanol–water partition coefficient (Wildman–Crippen LogP) is 1.40. The molecule has 96 valence electrons. The van der Waals surface area contributed by atoms with Gasteiger partial charge in [0.05, 0.1) is 24.1 Å². The van der Waals surface area contributed by atoms with Gasteiger partial charge in [-0.3, -0.25) is 0 Å². The maximum absolute atomic E-state index is 9.04. The molecule has 0 aromatic carbocycles. The fourth-order valence-electron chi connectivity index (χ4n) is 1.70. The third kappa shape index (κ3) is 3.34. The summed E-state index contributed by atoms with van der Waals surface area (Å²) < 4.78 is 5.57. The molecule has 0 bridgehead atoms. The summed E-state index contributed by atoms with van der Waals surface area (Å²) in [7, 11) is 1.90. The number of nitrogen functional groups attached to an aromatic ring is 1. The maximum atomic E-state index is 9.04. The van der Waals surface area contributed by atoms with Gasteiger partial charge in [0, 0.05) is 20.2 Å². The highest BCUT2D eigenvalue weighted by molar-refractivity contribution is 5.58. The smallest absolute Gasteiger partial charge is 0.146 e. The average Bonchev–Trinajstić information content (AvgIpc) is 3.18. The fourth-order valence-corrected chi connectivity index (χ4v) is 1.70. The largest absolute Gasteiger partial charge is 0.397 e. The lowest BCUT2D eigenvalue weighted by Crippen LogP contribution is -2.24. The zero-order valence-electron chi connectivity index (χ0n) is 10.6. The lowest BCUT2D eigenvalue weighted by atomic mass is 10.2. The topological polar surface area (TPSA) is 75.2 Å². The van der Waals surface area contributed by atoms with Crippen LogP contribution in [0.15, 0.2) is 12.3 Å². The molecule has 0 aliphatic heterocycles. The molecule has 1 saturated carbocycles. The van der Waals surface area contributed by atoms with Crippen molar-refractivity contribution in [3.05, 3.63) is 17.8 Å². The first-order valence-electron chi connectivity index (χ1n) is 6.15. The van der Waals surface area contributed by atoms with Crippen LogP contribution < -0.4 is 10.6 Å². The van der Waals surface area contributed by atoms with Gasteiger partial charge in [-0.05, 0) is 24.8 Å². The highest BCUT2D eigenvalue weighted by atomic mass is 16.5. The van der Waals surface area contributed by atoms with Crippen molar-refractivity contribution in [1.82, 2.24) is 4.98 Å². The summed E-state index contributed by atoms with van der Waals surface area (Å²) in [6.07, 6.45) is 4.17. The summed E-state index contributed by atoms with van der Waals surface area (Å²) >= 11 is 0. The van der Waals surface area contributed by atoms with E-state index in [-0.39, 0.29) is 0 Å². The van der Waals surface area contributed by atoms with E-state index in [9.17, 15) is 0 Å². The average molecular weight is 246 g/mol. The van der Waals surface area contributed by atoms with Gasteiger partial charge >= 0.3 is 0 Å². The molecule has 5 heteroatoms. The minimum Gasteiger partial charge on any atom is -0.397 e. The molecule has 1 aromatic heterocycles. The summed E-state index contributed by atoms with van der Waals surface area (Å²) in [6, 6.07) is 3.75. The van der Waals surface area contributed by atoms with E-state index >= 15 is 0 Å². The second-order valence-corrected chi connectivity index (χ2v) is 4.69. The molecule has 0 unspecified atom stereocenters. The van der Waals surface area contributed by atoms with Crippen molar-refractivity contribution < 1.29 is 4.74 Å². The maximum Gasteiger partial charge on any atom is 0.146 e. The first-order chi connectivity index (χ1) is 8.70. The molecule has 1 fully saturated rings. The van der Waals surface area contributed by atoms with Gasteiger partial charge in [-0.2, -0.15) is 5.26 Å². The molecule has 0 saturated heterocycles. The molecular formula is C13H18N4O. The minimum absolute atomic E-state index is 0.500. The van der Waals surface area contributed by atoms with Crippen molar-refractivity contribution in [1.29, 1.82) is 5.26 Å². The van der Waals surface area contributed by atoms with Crippen LogP contribution in [0.2, 0.25) is 0 Å². The van der Waals surface area contributed by atoms with E-state index in [0.717, 1.165) is 19.1 Å². The van der Waals surface area contributed by atoms with Crippen LogP contribution in [0.1, 0.15) is 18.4 Å². The van der Waals surface area contributed by atoms with Crippen LogP contribution in [0.5, 0.6) is 0 Å². The van der Waals surface area contributed by atoms with Crippen LogP contribution in [-0.4, -0.2) is 31.8 Å². The van der Waals surface area contributed by atoms with Gasteiger partial charge in [-0.25, -0.2) is 4.98 Å². The van der Waals surface area contributed by atoms with Crippen molar-refractivity contribution in [3.63, 3.8) is 0 Å². The lowest BCUT2D eigenvalue weighted by Gasteiger charge is -2.19. The van der Waals surface area contributed by atoms with E-state index in [1.54, 1.807) is 12.3 Å². The Morgan fingerprint density at radius 2 is 2.39 bits per heavy atom. The van der Waals surface area contributed by atoms with Crippen molar-refractivity contribution >= 4 is 11.5 Å². The van der Waals surface area contributed by atoms with E-state index in [1.165, 1.54) is 12.8 Å². The molecule has 0 atom stereocenters. The molecule has 0 spiro atoms. The van der Waals surface area contributed by atoms with Crippen molar-refractivity contribution in [2.24, 2.45) is 5.92 Å². The van der Waals surface area contributed by atoms with Crippen molar-refractivity contribution in [2.45, 2.75) is 12.8 Å². The van der Waals surface area contributed by atoms with E-state index in [0.29, 0.717) is 23.7 Å². The van der Waals surface area contributed by atoms with Crippen molar-refractivity contribution in [2.75, 3.05) is 37.4 Å². The summed E-state index contributed by atoms with van der Waals surface area (Å²) in [5, 5.41) is 9.04. The zero-order chi connectivity index (χ0) is 13.0. The normalized spacial score (nSPS) is 14.2. The number of likely N-dealkylation sites (N-methyl/N-ethyl adjacent to an activating group) is 1. The third-order valence-corrected chi connectivity index (χ3v) is 2.99. The second-order valence-electron chi connectivity index (χ2n) is 4.69. The Bertz CT molecular complexity index is 451. The number of nitrogens with zero attached hydrogens (tertiary/aromatic N) is 3. The van der Waals surface area contributed by atoms with E-state index in [2.05, 4.69) is 11.1 Å². The molecule has 1 aliphatic carbocycles. The van der Waals surface area contributed by atoms with Crippen LogP contribution >= 0.6 is 0 Å². The number of anilines is 2. The number of rotatable bonds is 6. The molecule has 1 aliphatic rings. The number of ether oxygens (including phenoxy) is 1. The fraction of sp³-hybridized carbons (Fsp3) is 0.538. The number of aromatic nitrogens is 1. The Kier molecular flexibility index (Phi) is 4.00. The van der Waals surface area contributed by atoms with Gasteiger partial charge in [0.25, 0.3) is 0 Å². The molecule has 2 N–H and O–H groups in total. The van der Waals surface area contributed by atoms with Crippen LogP contribution in [0.3, 0.4) is 0 Å². The molecule has 0 radical (unpaired) electrons. The summed E-state index contributed by atoms with van der Waals surface area (Å²) in [4.78, 5) is 6.12. The van der Waals surface area contributed by atoms with E-state index < -0.39 is 0 Å². The Morgan fingerprint density at radius 3 is 3.06 bits per heavy atom. The summed E-state index contributed by atoms with van der Waals surface area (Å²) in [6.45, 7) is 2.23. The third-order valence-electron chi connectivity index (χ3n) is 2.99. The highest BCUT2D eigenvalue weighted by Crippen LogP contribution is 2.28. The first-order valence-corrected chi connectivity index (χ1v) is 6.15. The minimum atomic E-state index is 0.500. The van der Waals surface area contributed by atoms with Crippen LogP contribution in [0, 0.1) is 17.2 Å². The van der Waals surface area contributed by atoms with Gasteiger partial charge in [-0.15, -0.1) is 0 Å². The number of hydrogen-bond donors (Lipinski definition) is 1. The Morgan fingerprint density at radius 1 is 1.61 bits per heavy atom. The molecule has 1 aromatic rings. The standard InChI is InChI=1S/C13H18N4O/c1-17(4-5-18-9-10-2-3-10)13-11(7-14)6-12(15)8-16-13/h6,8,10H,2-5,9,15H2,1H3. The van der Waals surface area contributed by atoms with E-state index in [1.807, 2.05) is 11.9 Å². The molecule has 18 heavy (non-hydrogen) atoms. The lowest BCUT2D eigenvalue weighted by molar-refractivity contribution is 0.131. The predicted molar refractivity (Wildman–Crippen MR) is 70.2 cm³/mol.